The average Bonchev–Trinajstić information content (AvgIpc) is 2.88. The Kier molecular flexibility index (Phi) is 7.18. The normalized spacial score (nSPS) is 12.1. The Labute approximate surface area is 117 Å². The molecule has 0 spiro atoms. The minimum atomic E-state index is -0.878. The first-order valence-corrected chi connectivity index (χ1v) is 7.49. The van der Waals surface area contributed by atoms with Crippen molar-refractivity contribution in [3.63, 3.8) is 0 Å². The fraction of sp³-hybridized carbons (Fsp3) is 0.571. The Balaban J connectivity index is 1.99. The van der Waals surface area contributed by atoms with Crippen LogP contribution in [-0.2, 0) is 16.0 Å². The molecule has 0 bridgehead atoms. The number of carboxylic acids is 1. The predicted octanol–water partition coefficient (Wildman–Crippen LogP) is 2.69. The van der Waals surface area contributed by atoms with Crippen LogP contribution in [0, 0.1) is 5.92 Å². The van der Waals surface area contributed by atoms with Gasteiger partial charge in [-0.1, -0.05) is 19.4 Å². The van der Waals surface area contributed by atoms with E-state index in [0.717, 1.165) is 25.7 Å². The molecule has 106 valence electrons. The third kappa shape index (κ3) is 6.96. The van der Waals surface area contributed by atoms with Gasteiger partial charge in [-0.15, -0.1) is 11.3 Å². The first-order valence-electron chi connectivity index (χ1n) is 6.61. The molecule has 1 atom stereocenters. The lowest BCUT2D eigenvalue weighted by molar-refractivity contribution is -0.141. The van der Waals surface area contributed by atoms with Crippen LogP contribution in [0.5, 0.6) is 0 Å². The minimum Gasteiger partial charge on any atom is -0.481 e. The molecule has 4 nitrogen and oxygen atoms in total. The molecule has 0 radical (unpaired) electrons. The van der Waals surface area contributed by atoms with Gasteiger partial charge in [-0.3, -0.25) is 9.59 Å². The summed E-state index contributed by atoms with van der Waals surface area (Å²) < 4.78 is 0. The highest BCUT2D eigenvalue weighted by Gasteiger charge is 2.11. The van der Waals surface area contributed by atoms with Gasteiger partial charge in [0.15, 0.2) is 0 Å². The first-order chi connectivity index (χ1) is 9.09. The Hall–Kier alpha value is -1.36. The highest BCUT2D eigenvalue weighted by atomic mass is 32.1. The number of unbranched alkanes of at least 4 members (excludes halogenated alkanes) is 2. The van der Waals surface area contributed by atoms with E-state index in [0.29, 0.717) is 6.42 Å². The number of hydrogen-bond donors (Lipinski definition) is 2. The van der Waals surface area contributed by atoms with E-state index in [9.17, 15) is 9.59 Å². The molecule has 0 aliphatic heterocycles. The zero-order valence-electron chi connectivity index (χ0n) is 11.2. The summed E-state index contributed by atoms with van der Waals surface area (Å²) in [5.74, 6) is -1.46. The molecule has 1 heterocycles. The summed E-state index contributed by atoms with van der Waals surface area (Å²) in [5.41, 5.74) is 0. The molecule has 1 aromatic rings. The number of carbonyl (C=O) groups is 2. The molecule has 19 heavy (non-hydrogen) atoms. The van der Waals surface area contributed by atoms with Gasteiger partial charge in [0, 0.05) is 17.8 Å². The minimum absolute atomic E-state index is 0.0516. The number of aryl methyl sites for hydroxylation is 1. The smallest absolute Gasteiger partial charge is 0.308 e. The number of thiophene rings is 1. The van der Waals surface area contributed by atoms with Crippen LogP contribution in [0.25, 0.3) is 0 Å². The number of carboxylic acid groups (broad SMARTS) is 1. The van der Waals surface area contributed by atoms with E-state index in [1.54, 1.807) is 18.3 Å². The van der Waals surface area contributed by atoms with Gasteiger partial charge in [0.1, 0.15) is 0 Å². The van der Waals surface area contributed by atoms with Crippen LogP contribution in [0.1, 0.15) is 37.5 Å². The molecule has 1 aromatic heterocycles. The van der Waals surface area contributed by atoms with Gasteiger partial charge in [0.05, 0.1) is 5.92 Å². The molecule has 1 unspecified atom stereocenters. The van der Waals surface area contributed by atoms with E-state index >= 15 is 0 Å². The Bertz CT molecular complexity index is 389. The Morgan fingerprint density at radius 3 is 2.79 bits per heavy atom. The Morgan fingerprint density at radius 1 is 1.37 bits per heavy atom. The van der Waals surface area contributed by atoms with E-state index in [4.69, 9.17) is 5.11 Å². The van der Waals surface area contributed by atoms with E-state index in [1.807, 2.05) is 0 Å². The number of nitrogens with one attached hydrogen (secondary N) is 1. The van der Waals surface area contributed by atoms with Crippen LogP contribution in [-0.4, -0.2) is 23.5 Å². The molecule has 0 fully saturated rings. The van der Waals surface area contributed by atoms with E-state index in [2.05, 4.69) is 22.8 Å². The number of carbonyl (C=O) groups excluding carboxylic acids is 1. The standard InChI is InChI=1S/C14H21NO3S/c1-11(14(17)18)10-15-13(16)8-4-2-3-6-12-7-5-9-19-12/h5,7,9,11H,2-4,6,8,10H2,1H3,(H,15,16)(H,17,18). The molecule has 1 rings (SSSR count). The third-order valence-corrected chi connectivity index (χ3v) is 3.87. The maximum Gasteiger partial charge on any atom is 0.308 e. The second-order valence-corrected chi connectivity index (χ2v) is 5.72. The van der Waals surface area contributed by atoms with Gasteiger partial charge in [-0.05, 0) is 30.7 Å². The van der Waals surface area contributed by atoms with Gasteiger partial charge in [0.25, 0.3) is 0 Å². The fourth-order valence-electron chi connectivity index (χ4n) is 1.66. The molecule has 2 N–H and O–H groups in total. The molecule has 0 aromatic carbocycles. The summed E-state index contributed by atoms with van der Waals surface area (Å²) in [6.07, 6.45) is 4.55. The highest BCUT2D eigenvalue weighted by molar-refractivity contribution is 7.09. The summed E-state index contributed by atoms with van der Waals surface area (Å²) in [4.78, 5) is 23.4. The fourth-order valence-corrected chi connectivity index (χ4v) is 2.41. The van der Waals surface area contributed by atoms with Crippen molar-refractivity contribution < 1.29 is 14.7 Å². The summed E-state index contributed by atoms with van der Waals surface area (Å²) in [6, 6.07) is 4.18. The molecule has 1 amide bonds. The van der Waals surface area contributed by atoms with Crippen molar-refractivity contribution in [2.75, 3.05) is 6.54 Å². The molecule has 0 saturated carbocycles. The van der Waals surface area contributed by atoms with E-state index in [-0.39, 0.29) is 12.5 Å². The monoisotopic (exact) mass is 283 g/mol. The molecule has 5 heteroatoms. The quantitative estimate of drug-likeness (QED) is 0.685. The van der Waals surface area contributed by atoms with Gasteiger partial charge in [-0.2, -0.15) is 0 Å². The largest absolute Gasteiger partial charge is 0.481 e. The average molecular weight is 283 g/mol. The van der Waals surface area contributed by atoms with Gasteiger partial charge < -0.3 is 10.4 Å². The number of rotatable bonds is 9. The van der Waals surface area contributed by atoms with Crippen molar-refractivity contribution in [2.45, 2.75) is 39.0 Å². The highest BCUT2D eigenvalue weighted by Crippen LogP contribution is 2.13. The summed E-state index contributed by atoms with van der Waals surface area (Å²) >= 11 is 1.77. The van der Waals surface area contributed by atoms with Crippen LogP contribution in [0.4, 0.5) is 0 Å². The van der Waals surface area contributed by atoms with Crippen LogP contribution in [0.3, 0.4) is 0 Å². The molecule has 0 aliphatic carbocycles. The Morgan fingerprint density at radius 2 is 2.16 bits per heavy atom. The SMILES string of the molecule is CC(CNC(=O)CCCCCc1cccs1)C(=O)O. The van der Waals surface area contributed by atoms with Crippen LogP contribution in [0.15, 0.2) is 17.5 Å². The second kappa shape index (κ2) is 8.69. The summed E-state index contributed by atoms with van der Waals surface area (Å²) in [6.45, 7) is 1.80. The maximum absolute atomic E-state index is 11.5. The van der Waals surface area contributed by atoms with Crippen molar-refractivity contribution in [3.8, 4) is 0 Å². The molecule has 0 aliphatic rings. The lowest BCUT2D eigenvalue weighted by Crippen LogP contribution is -2.31. The van der Waals surface area contributed by atoms with E-state index in [1.165, 1.54) is 4.88 Å². The zero-order valence-corrected chi connectivity index (χ0v) is 12.0. The lowest BCUT2D eigenvalue weighted by atomic mass is 10.1. The van der Waals surface area contributed by atoms with Crippen molar-refractivity contribution in [1.82, 2.24) is 5.32 Å². The van der Waals surface area contributed by atoms with Crippen molar-refractivity contribution in [1.29, 1.82) is 0 Å². The van der Waals surface area contributed by atoms with E-state index < -0.39 is 11.9 Å². The molecular formula is C14H21NO3S. The number of amides is 1. The van der Waals surface area contributed by atoms with Gasteiger partial charge in [0.2, 0.25) is 5.91 Å². The molecular weight excluding hydrogens is 262 g/mol. The topological polar surface area (TPSA) is 66.4 Å². The summed E-state index contributed by atoms with van der Waals surface area (Å²) in [5, 5.41) is 13.4. The first kappa shape index (κ1) is 15.7. The summed E-state index contributed by atoms with van der Waals surface area (Å²) in [7, 11) is 0. The maximum atomic E-state index is 11.5. The van der Waals surface area contributed by atoms with Crippen molar-refractivity contribution in [2.24, 2.45) is 5.92 Å². The van der Waals surface area contributed by atoms with Crippen LogP contribution >= 0.6 is 11.3 Å². The van der Waals surface area contributed by atoms with Crippen LogP contribution < -0.4 is 5.32 Å². The van der Waals surface area contributed by atoms with Crippen molar-refractivity contribution in [3.05, 3.63) is 22.4 Å². The number of aliphatic carboxylic acids is 1. The molecule has 0 saturated heterocycles. The second-order valence-electron chi connectivity index (χ2n) is 4.68. The lowest BCUT2D eigenvalue weighted by Gasteiger charge is -2.08. The third-order valence-electron chi connectivity index (χ3n) is 2.93. The van der Waals surface area contributed by atoms with Gasteiger partial charge in [-0.25, -0.2) is 0 Å². The zero-order chi connectivity index (χ0) is 14.1. The predicted molar refractivity (Wildman–Crippen MR) is 76.3 cm³/mol. The van der Waals surface area contributed by atoms with Crippen molar-refractivity contribution >= 4 is 23.2 Å². The van der Waals surface area contributed by atoms with Crippen LogP contribution in [0.2, 0.25) is 0 Å². The van der Waals surface area contributed by atoms with Gasteiger partial charge >= 0.3 is 5.97 Å². The number of hydrogen-bond acceptors (Lipinski definition) is 3.